The van der Waals surface area contributed by atoms with Crippen molar-refractivity contribution in [2.24, 2.45) is 5.92 Å². The maximum absolute atomic E-state index is 5.29. The van der Waals surface area contributed by atoms with Crippen LogP contribution in [0.1, 0.15) is 31.7 Å². The summed E-state index contributed by atoms with van der Waals surface area (Å²) in [7, 11) is 1.72. The van der Waals surface area contributed by atoms with Crippen LogP contribution in [-0.4, -0.2) is 25.1 Å². The molecule has 0 amide bonds. The van der Waals surface area contributed by atoms with Gasteiger partial charge in [-0.25, -0.2) is 0 Å². The predicted molar refractivity (Wildman–Crippen MR) is 79.0 cm³/mol. The van der Waals surface area contributed by atoms with Crippen LogP contribution in [0, 0.1) is 5.92 Å². The molecule has 0 N–H and O–H groups in total. The highest BCUT2D eigenvalue weighted by Crippen LogP contribution is 2.26. The van der Waals surface area contributed by atoms with Crippen molar-refractivity contribution in [3.8, 4) is 5.75 Å². The molecule has 1 saturated heterocycles. The Labute approximate surface area is 118 Å². The third-order valence-electron chi connectivity index (χ3n) is 3.93. The molecule has 3 heteroatoms. The highest BCUT2D eigenvalue weighted by Gasteiger charge is 2.18. The molecule has 0 aromatic heterocycles. The average Bonchev–Trinajstić information content (AvgIpc) is 2.42. The molecule has 1 aromatic rings. The van der Waals surface area contributed by atoms with Crippen LogP contribution in [0.15, 0.2) is 22.7 Å². The molecule has 2 rings (SSSR count). The Balaban J connectivity index is 1.97. The fraction of sp³-hybridized carbons (Fsp3) is 0.600. The molecule has 100 valence electrons. The largest absolute Gasteiger partial charge is 0.497 e. The van der Waals surface area contributed by atoms with E-state index < -0.39 is 0 Å². The number of benzene rings is 1. The summed E-state index contributed by atoms with van der Waals surface area (Å²) in [6.45, 7) is 5.78. The maximum Gasteiger partial charge on any atom is 0.119 e. The second kappa shape index (κ2) is 6.58. The normalized spacial score (nSPS) is 17.9. The van der Waals surface area contributed by atoms with Crippen LogP contribution in [-0.2, 0) is 6.54 Å². The molecule has 0 unspecified atom stereocenters. The first kappa shape index (κ1) is 13.9. The van der Waals surface area contributed by atoms with Gasteiger partial charge in [0.2, 0.25) is 0 Å². The molecule has 1 aromatic carbocycles. The minimum Gasteiger partial charge on any atom is -0.497 e. The molecule has 1 fully saturated rings. The summed E-state index contributed by atoms with van der Waals surface area (Å²) in [5.74, 6) is 1.88. The summed E-state index contributed by atoms with van der Waals surface area (Å²) in [5, 5.41) is 0. The van der Waals surface area contributed by atoms with Gasteiger partial charge < -0.3 is 4.74 Å². The second-order valence-electron chi connectivity index (χ2n) is 5.09. The SMILES string of the molecule is CCC1CCN(Cc2cc(OC)ccc2Br)CC1. The minimum absolute atomic E-state index is 0.940. The van der Waals surface area contributed by atoms with Crippen LogP contribution in [0.5, 0.6) is 5.75 Å². The monoisotopic (exact) mass is 311 g/mol. The van der Waals surface area contributed by atoms with Crippen molar-refractivity contribution in [3.05, 3.63) is 28.2 Å². The summed E-state index contributed by atoms with van der Waals surface area (Å²) in [6, 6.07) is 6.21. The number of hydrogen-bond acceptors (Lipinski definition) is 2. The zero-order valence-corrected chi connectivity index (χ0v) is 12.9. The second-order valence-corrected chi connectivity index (χ2v) is 5.94. The van der Waals surface area contributed by atoms with Crippen molar-refractivity contribution in [2.45, 2.75) is 32.7 Å². The number of likely N-dealkylation sites (tertiary alicyclic amines) is 1. The summed E-state index contributed by atoms with van der Waals surface area (Å²) in [4.78, 5) is 2.55. The Hall–Kier alpha value is -0.540. The topological polar surface area (TPSA) is 12.5 Å². The highest BCUT2D eigenvalue weighted by molar-refractivity contribution is 9.10. The number of halogens is 1. The fourth-order valence-electron chi connectivity index (χ4n) is 2.59. The molecular weight excluding hydrogens is 290 g/mol. The zero-order chi connectivity index (χ0) is 13.0. The van der Waals surface area contributed by atoms with E-state index in [1.54, 1.807) is 7.11 Å². The Morgan fingerprint density at radius 2 is 2.06 bits per heavy atom. The lowest BCUT2D eigenvalue weighted by Gasteiger charge is -2.31. The third-order valence-corrected chi connectivity index (χ3v) is 4.70. The van der Waals surface area contributed by atoms with Crippen LogP contribution in [0.25, 0.3) is 0 Å². The Morgan fingerprint density at radius 3 is 2.67 bits per heavy atom. The van der Waals surface area contributed by atoms with Gasteiger partial charge in [-0.1, -0.05) is 29.3 Å². The van der Waals surface area contributed by atoms with E-state index in [2.05, 4.69) is 39.9 Å². The summed E-state index contributed by atoms with van der Waals surface area (Å²) < 4.78 is 6.48. The quantitative estimate of drug-likeness (QED) is 0.830. The van der Waals surface area contributed by atoms with Gasteiger partial charge >= 0.3 is 0 Å². The first-order valence-corrected chi connectivity index (χ1v) is 7.57. The van der Waals surface area contributed by atoms with E-state index in [1.807, 2.05) is 6.07 Å². The Morgan fingerprint density at radius 1 is 1.33 bits per heavy atom. The number of hydrogen-bond donors (Lipinski definition) is 0. The summed E-state index contributed by atoms with van der Waals surface area (Å²) in [6.07, 6.45) is 4.02. The molecular formula is C15H22BrNO. The van der Waals surface area contributed by atoms with Gasteiger partial charge in [0.15, 0.2) is 0 Å². The number of piperidine rings is 1. The molecule has 0 aliphatic carbocycles. The van der Waals surface area contributed by atoms with Crippen LogP contribution < -0.4 is 4.74 Å². The van der Waals surface area contributed by atoms with E-state index in [0.29, 0.717) is 0 Å². The van der Waals surface area contributed by atoms with Crippen molar-refractivity contribution >= 4 is 15.9 Å². The van der Waals surface area contributed by atoms with Crippen molar-refractivity contribution < 1.29 is 4.74 Å². The summed E-state index contributed by atoms with van der Waals surface area (Å²) >= 11 is 3.63. The van der Waals surface area contributed by atoms with E-state index in [0.717, 1.165) is 18.2 Å². The lowest BCUT2D eigenvalue weighted by molar-refractivity contribution is 0.174. The van der Waals surface area contributed by atoms with E-state index >= 15 is 0 Å². The number of ether oxygens (including phenoxy) is 1. The predicted octanol–water partition coefficient (Wildman–Crippen LogP) is 4.08. The van der Waals surface area contributed by atoms with Crippen LogP contribution in [0.2, 0.25) is 0 Å². The van der Waals surface area contributed by atoms with Gasteiger partial charge in [0, 0.05) is 11.0 Å². The molecule has 0 saturated carbocycles. The molecule has 0 radical (unpaired) electrons. The number of methoxy groups -OCH3 is 1. The van der Waals surface area contributed by atoms with Gasteiger partial charge in [0.25, 0.3) is 0 Å². The number of nitrogens with zero attached hydrogens (tertiary/aromatic N) is 1. The molecule has 0 bridgehead atoms. The van der Waals surface area contributed by atoms with Gasteiger partial charge in [-0.15, -0.1) is 0 Å². The average molecular weight is 312 g/mol. The van der Waals surface area contributed by atoms with Gasteiger partial charge in [-0.3, -0.25) is 4.90 Å². The Bertz CT molecular complexity index is 386. The first-order chi connectivity index (χ1) is 8.72. The molecule has 1 heterocycles. The maximum atomic E-state index is 5.29. The van der Waals surface area contributed by atoms with E-state index in [9.17, 15) is 0 Å². The van der Waals surface area contributed by atoms with Crippen LogP contribution >= 0.6 is 15.9 Å². The lowest BCUT2D eigenvalue weighted by atomic mass is 9.94. The van der Waals surface area contributed by atoms with E-state index in [1.165, 1.54) is 42.4 Å². The Kier molecular flexibility index (Phi) is 5.07. The molecule has 18 heavy (non-hydrogen) atoms. The first-order valence-electron chi connectivity index (χ1n) is 6.77. The molecule has 0 atom stereocenters. The van der Waals surface area contributed by atoms with Gasteiger partial charge in [-0.2, -0.15) is 0 Å². The smallest absolute Gasteiger partial charge is 0.119 e. The van der Waals surface area contributed by atoms with Gasteiger partial charge in [-0.05, 0) is 55.6 Å². The van der Waals surface area contributed by atoms with Gasteiger partial charge in [0.05, 0.1) is 7.11 Å². The molecule has 0 spiro atoms. The molecule has 2 nitrogen and oxygen atoms in total. The van der Waals surface area contributed by atoms with Crippen molar-refractivity contribution in [1.29, 1.82) is 0 Å². The van der Waals surface area contributed by atoms with Crippen molar-refractivity contribution in [1.82, 2.24) is 4.90 Å². The zero-order valence-electron chi connectivity index (χ0n) is 11.3. The molecule has 1 aliphatic rings. The van der Waals surface area contributed by atoms with Crippen molar-refractivity contribution in [3.63, 3.8) is 0 Å². The van der Waals surface area contributed by atoms with Crippen LogP contribution in [0.4, 0.5) is 0 Å². The third kappa shape index (κ3) is 3.48. The highest BCUT2D eigenvalue weighted by atomic mass is 79.9. The van der Waals surface area contributed by atoms with E-state index in [4.69, 9.17) is 4.74 Å². The summed E-state index contributed by atoms with van der Waals surface area (Å²) in [5.41, 5.74) is 1.32. The molecule has 1 aliphatic heterocycles. The van der Waals surface area contributed by atoms with Crippen LogP contribution in [0.3, 0.4) is 0 Å². The standard InChI is InChI=1S/C15H22BrNO/c1-3-12-6-8-17(9-7-12)11-13-10-14(18-2)4-5-15(13)16/h4-5,10,12H,3,6-9,11H2,1-2H3. The fourth-order valence-corrected chi connectivity index (χ4v) is 2.96. The lowest BCUT2D eigenvalue weighted by Crippen LogP contribution is -2.33. The van der Waals surface area contributed by atoms with Crippen molar-refractivity contribution in [2.75, 3.05) is 20.2 Å². The number of rotatable bonds is 4. The van der Waals surface area contributed by atoms with E-state index in [-0.39, 0.29) is 0 Å². The van der Waals surface area contributed by atoms with Gasteiger partial charge in [0.1, 0.15) is 5.75 Å². The minimum atomic E-state index is 0.940.